The van der Waals surface area contributed by atoms with E-state index in [9.17, 15) is 5.11 Å². The monoisotopic (exact) mass is 234 g/mol. The molecule has 0 spiro atoms. The molecule has 0 heterocycles. The molecule has 0 unspecified atom stereocenters. The fourth-order valence-corrected chi connectivity index (χ4v) is 1.47. The molecule has 17 heavy (non-hydrogen) atoms. The maximum absolute atomic E-state index is 9.62. The molecule has 0 amide bonds. The third-order valence-electron chi connectivity index (χ3n) is 2.39. The van der Waals surface area contributed by atoms with Crippen molar-refractivity contribution in [1.82, 2.24) is 0 Å². The molecular formula is C14H18O3. The van der Waals surface area contributed by atoms with E-state index in [2.05, 4.69) is 5.92 Å². The predicted octanol–water partition coefficient (Wildman–Crippen LogP) is 2.54. The second-order valence-electron chi connectivity index (χ2n) is 3.74. The van der Waals surface area contributed by atoms with Crippen molar-refractivity contribution in [3.8, 4) is 23.8 Å². The van der Waals surface area contributed by atoms with Gasteiger partial charge in [0, 0.05) is 18.1 Å². The van der Waals surface area contributed by atoms with E-state index in [1.54, 1.807) is 32.2 Å². The number of terminal acetylenes is 1. The number of unbranched alkanes of at least 4 members (excludes halogenated alkanes) is 1. The van der Waals surface area contributed by atoms with Crippen LogP contribution in [0.25, 0.3) is 0 Å². The van der Waals surface area contributed by atoms with Crippen molar-refractivity contribution in [2.75, 3.05) is 13.7 Å². The minimum atomic E-state index is -0.566. The Kier molecular flexibility index (Phi) is 5.38. The van der Waals surface area contributed by atoms with Crippen LogP contribution in [0.2, 0.25) is 0 Å². The van der Waals surface area contributed by atoms with Crippen LogP contribution < -0.4 is 9.47 Å². The molecule has 0 saturated heterocycles. The predicted molar refractivity (Wildman–Crippen MR) is 67.2 cm³/mol. The van der Waals surface area contributed by atoms with Gasteiger partial charge in [0.25, 0.3) is 0 Å². The molecular weight excluding hydrogens is 216 g/mol. The summed E-state index contributed by atoms with van der Waals surface area (Å²) in [5.41, 5.74) is 0.756. The van der Waals surface area contributed by atoms with Gasteiger partial charge in [0.1, 0.15) is 11.5 Å². The second kappa shape index (κ2) is 6.82. The zero-order chi connectivity index (χ0) is 12.7. The zero-order valence-corrected chi connectivity index (χ0v) is 10.3. The molecule has 1 atom stereocenters. The van der Waals surface area contributed by atoms with Gasteiger partial charge in [-0.1, -0.05) is 0 Å². The Hall–Kier alpha value is -1.66. The molecule has 0 bridgehead atoms. The maximum Gasteiger partial charge on any atom is 0.128 e. The van der Waals surface area contributed by atoms with Crippen LogP contribution in [0.4, 0.5) is 0 Å². The summed E-state index contributed by atoms with van der Waals surface area (Å²) in [5.74, 6) is 3.92. The van der Waals surface area contributed by atoms with Gasteiger partial charge in [0.05, 0.1) is 19.8 Å². The van der Waals surface area contributed by atoms with Crippen molar-refractivity contribution in [2.24, 2.45) is 0 Å². The van der Waals surface area contributed by atoms with E-state index in [0.29, 0.717) is 24.5 Å². The highest BCUT2D eigenvalue weighted by atomic mass is 16.5. The van der Waals surface area contributed by atoms with Gasteiger partial charge in [-0.25, -0.2) is 0 Å². The van der Waals surface area contributed by atoms with Crippen molar-refractivity contribution >= 4 is 0 Å². The first-order valence-corrected chi connectivity index (χ1v) is 5.61. The van der Waals surface area contributed by atoms with Crippen LogP contribution in [0.15, 0.2) is 18.2 Å². The van der Waals surface area contributed by atoms with Gasteiger partial charge < -0.3 is 14.6 Å². The summed E-state index contributed by atoms with van der Waals surface area (Å²) in [6.07, 6.45) is 6.09. The molecule has 0 fully saturated rings. The molecule has 3 nitrogen and oxygen atoms in total. The maximum atomic E-state index is 9.62. The topological polar surface area (TPSA) is 38.7 Å². The Morgan fingerprint density at radius 3 is 2.82 bits per heavy atom. The molecule has 0 aliphatic rings. The number of rotatable bonds is 6. The van der Waals surface area contributed by atoms with E-state index in [1.807, 2.05) is 0 Å². The lowest BCUT2D eigenvalue weighted by Crippen LogP contribution is -2.02. The summed E-state index contributed by atoms with van der Waals surface area (Å²) in [6.45, 7) is 2.24. The number of aliphatic hydroxyl groups is 1. The number of benzene rings is 1. The Bertz CT molecular complexity index is 391. The first-order chi connectivity index (χ1) is 8.19. The highest BCUT2D eigenvalue weighted by molar-refractivity contribution is 5.41. The third-order valence-corrected chi connectivity index (χ3v) is 2.39. The van der Waals surface area contributed by atoms with Crippen LogP contribution in [-0.2, 0) is 0 Å². The summed E-state index contributed by atoms with van der Waals surface area (Å²) in [7, 11) is 1.60. The molecule has 3 heteroatoms. The van der Waals surface area contributed by atoms with Crippen LogP contribution in [0.1, 0.15) is 31.4 Å². The van der Waals surface area contributed by atoms with E-state index < -0.39 is 6.10 Å². The Morgan fingerprint density at radius 2 is 2.24 bits per heavy atom. The van der Waals surface area contributed by atoms with Gasteiger partial charge in [-0.3, -0.25) is 0 Å². The summed E-state index contributed by atoms with van der Waals surface area (Å²) in [5, 5.41) is 9.62. The molecule has 1 aromatic rings. The summed E-state index contributed by atoms with van der Waals surface area (Å²) >= 11 is 0. The molecule has 92 valence electrons. The largest absolute Gasteiger partial charge is 0.497 e. The van der Waals surface area contributed by atoms with Gasteiger partial charge in [-0.15, -0.1) is 12.3 Å². The second-order valence-corrected chi connectivity index (χ2v) is 3.74. The van der Waals surface area contributed by atoms with Crippen molar-refractivity contribution in [2.45, 2.75) is 25.9 Å². The first kappa shape index (κ1) is 13.4. The van der Waals surface area contributed by atoms with Crippen LogP contribution in [0.5, 0.6) is 11.5 Å². The van der Waals surface area contributed by atoms with Crippen molar-refractivity contribution in [3.05, 3.63) is 23.8 Å². The van der Waals surface area contributed by atoms with Crippen LogP contribution in [0.3, 0.4) is 0 Å². The van der Waals surface area contributed by atoms with Crippen molar-refractivity contribution in [3.63, 3.8) is 0 Å². The Balaban J connectivity index is 2.75. The number of hydrogen-bond donors (Lipinski definition) is 1. The van der Waals surface area contributed by atoms with Gasteiger partial charge in [0.15, 0.2) is 0 Å². The molecule has 1 rings (SSSR count). The lowest BCUT2D eigenvalue weighted by atomic mass is 10.1. The molecule has 0 aromatic heterocycles. The van der Waals surface area contributed by atoms with Gasteiger partial charge in [0.2, 0.25) is 0 Å². The number of aliphatic hydroxyl groups excluding tert-OH is 1. The minimum absolute atomic E-state index is 0.539. The Morgan fingerprint density at radius 1 is 1.47 bits per heavy atom. The smallest absolute Gasteiger partial charge is 0.128 e. The molecule has 1 N–H and O–H groups in total. The zero-order valence-electron chi connectivity index (χ0n) is 10.3. The van der Waals surface area contributed by atoms with E-state index in [-0.39, 0.29) is 0 Å². The number of hydrogen-bond acceptors (Lipinski definition) is 3. The normalized spacial score (nSPS) is 11.6. The molecule has 0 aliphatic heterocycles. The van der Waals surface area contributed by atoms with Crippen LogP contribution in [-0.4, -0.2) is 18.8 Å². The first-order valence-electron chi connectivity index (χ1n) is 5.61. The van der Waals surface area contributed by atoms with E-state index >= 15 is 0 Å². The molecule has 1 aromatic carbocycles. The number of ether oxygens (including phenoxy) is 2. The average molecular weight is 234 g/mol. The lowest BCUT2D eigenvalue weighted by molar-refractivity contribution is 0.190. The molecule has 0 aliphatic carbocycles. The van der Waals surface area contributed by atoms with E-state index in [0.717, 1.165) is 12.0 Å². The molecule has 0 radical (unpaired) electrons. The average Bonchev–Trinajstić information content (AvgIpc) is 2.34. The van der Waals surface area contributed by atoms with Crippen LogP contribution >= 0.6 is 0 Å². The van der Waals surface area contributed by atoms with Crippen LogP contribution in [0, 0.1) is 12.3 Å². The van der Waals surface area contributed by atoms with E-state index in [4.69, 9.17) is 15.9 Å². The highest BCUT2D eigenvalue weighted by Crippen LogP contribution is 2.29. The fourth-order valence-electron chi connectivity index (χ4n) is 1.47. The summed E-state index contributed by atoms with van der Waals surface area (Å²) in [4.78, 5) is 0. The molecule has 0 saturated carbocycles. The van der Waals surface area contributed by atoms with Crippen molar-refractivity contribution in [1.29, 1.82) is 0 Å². The Labute approximate surface area is 102 Å². The SMILES string of the molecule is C#CCCCOc1cc(OC)ccc1[C@H](C)O. The fraction of sp³-hybridized carbons (Fsp3) is 0.429. The summed E-state index contributed by atoms with van der Waals surface area (Å²) < 4.78 is 10.7. The highest BCUT2D eigenvalue weighted by Gasteiger charge is 2.10. The minimum Gasteiger partial charge on any atom is -0.497 e. The number of methoxy groups -OCH3 is 1. The van der Waals surface area contributed by atoms with Gasteiger partial charge >= 0.3 is 0 Å². The standard InChI is InChI=1S/C14H18O3/c1-4-5-6-9-17-14-10-12(16-3)7-8-13(14)11(2)15/h1,7-8,10-11,15H,5-6,9H2,2-3H3/t11-/m0/s1. The van der Waals surface area contributed by atoms with E-state index in [1.165, 1.54) is 0 Å². The van der Waals surface area contributed by atoms with Crippen molar-refractivity contribution < 1.29 is 14.6 Å². The summed E-state index contributed by atoms with van der Waals surface area (Å²) in [6, 6.07) is 5.38. The van der Waals surface area contributed by atoms with Gasteiger partial charge in [-0.05, 0) is 25.5 Å². The quantitative estimate of drug-likeness (QED) is 0.607. The lowest BCUT2D eigenvalue weighted by Gasteiger charge is -2.14. The van der Waals surface area contributed by atoms with Gasteiger partial charge in [-0.2, -0.15) is 0 Å². The third kappa shape index (κ3) is 4.01.